The standard InChI is InChI=1S/C18H20N6.C2H4O/c1-19-14-4-6-15(7-5-14)20-16-8-10-17(11-9-16)21-22-18-23(2)12-13-24(18)3;1-2-3/h4-13H,1-3H3,(H,19,21);2H,1H3/p+1. The molecule has 0 fully saturated rings. The molecule has 0 unspecified atom stereocenters. The monoisotopic (exact) mass is 365 g/mol. The Labute approximate surface area is 159 Å². The zero-order chi connectivity index (χ0) is 19.6. The number of nitrogens with one attached hydrogen (secondary N) is 2. The van der Waals surface area contributed by atoms with Crippen molar-refractivity contribution in [3.63, 3.8) is 0 Å². The first-order valence-corrected chi connectivity index (χ1v) is 8.54. The highest BCUT2D eigenvalue weighted by atomic mass is 16.1. The lowest BCUT2D eigenvalue weighted by atomic mass is 10.2. The van der Waals surface area contributed by atoms with Crippen LogP contribution >= 0.6 is 0 Å². The first-order valence-electron chi connectivity index (χ1n) is 8.54. The van der Waals surface area contributed by atoms with E-state index in [0.717, 1.165) is 35.0 Å². The van der Waals surface area contributed by atoms with Crippen LogP contribution in [0.1, 0.15) is 6.92 Å². The summed E-state index contributed by atoms with van der Waals surface area (Å²) < 4.78 is 3.85. The van der Waals surface area contributed by atoms with Gasteiger partial charge in [0, 0.05) is 29.2 Å². The van der Waals surface area contributed by atoms with E-state index in [4.69, 9.17) is 4.79 Å². The van der Waals surface area contributed by atoms with Gasteiger partial charge in [-0.05, 0) is 55.5 Å². The minimum absolute atomic E-state index is 0.750. The third kappa shape index (κ3) is 5.78. The molecule has 2 N–H and O–H groups in total. The lowest BCUT2D eigenvalue weighted by molar-refractivity contribution is -0.657. The number of carbonyl (C=O) groups excluding carboxylic acids is 1. The SMILES string of the molecule is CC=O.CNc1ccc(Nc2ccc(N=Nc3n(C)cc[n+]3C)cc2)cc1. The highest BCUT2D eigenvalue weighted by Gasteiger charge is 2.10. The van der Waals surface area contributed by atoms with E-state index < -0.39 is 0 Å². The molecule has 27 heavy (non-hydrogen) atoms. The van der Waals surface area contributed by atoms with Gasteiger partial charge < -0.3 is 15.4 Å². The molecule has 0 aliphatic carbocycles. The molecule has 140 valence electrons. The van der Waals surface area contributed by atoms with Gasteiger partial charge in [-0.15, -0.1) is 0 Å². The van der Waals surface area contributed by atoms with Crippen LogP contribution in [0.5, 0.6) is 0 Å². The van der Waals surface area contributed by atoms with E-state index in [1.165, 1.54) is 6.92 Å². The average Bonchev–Trinajstić information content (AvgIpc) is 3.00. The molecule has 3 rings (SSSR count). The normalized spacial score (nSPS) is 10.2. The molecular formula is C20H25N6O+. The number of benzene rings is 2. The molecule has 0 saturated heterocycles. The van der Waals surface area contributed by atoms with E-state index in [0.29, 0.717) is 0 Å². The van der Waals surface area contributed by atoms with E-state index in [2.05, 4.69) is 20.9 Å². The largest absolute Gasteiger partial charge is 0.421 e. The fourth-order valence-corrected chi connectivity index (χ4v) is 2.32. The van der Waals surface area contributed by atoms with E-state index in [1.807, 2.05) is 91.2 Å². The summed E-state index contributed by atoms with van der Waals surface area (Å²) in [6, 6.07) is 16.0. The smallest absolute Gasteiger partial charge is 0.388 e. The Morgan fingerprint density at radius 1 is 0.963 bits per heavy atom. The zero-order valence-corrected chi connectivity index (χ0v) is 16.0. The van der Waals surface area contributed by atoms with Crippen molar-refractivity contribution in [1.82, 2.24) is 4.57 Å². The second kappa shape index (κ2) is 9.86. The second-order valence-corrected chi connectivity index (χ2v) is 5.75. The first kappa shape index (κ1) is 19.8. The van der Waals surface area contributed by atoms with Gasteiger partial charge in [0.25, 0.3) is 0 Å². The fraction of sp³-hybridized carbons (Fsp3) is 0.200. The third-order valence-electron chi connectivity index (χ3n) is 3.73. The molecule has 1 aromatic heterocycles. The van der Waals surface area contributed by atoms with Crippen molar-refractivity contribution in [2.45, 2.75) is 6.92 Å². The van der Waals surface area contributed by atoms with Gasteiger partial charge in [-0.2, -0.15) is 0 Å². The zero-order valence-electron chi connectivity index (χ0n) is 16.0. The van der Waals surface area contributed by atoms with Gasteiger partial charge in [0.05, 0.1) is 26.5 Å². The van der Waals surface area contributed by atoms with Gasteiger partial charge in [0.2, 0.25) is 0 Å². The van der Waals surface area contributed by atoms with Crippen LogP contribution in [-0.4, -0.2) is 17.9 Å². The Hall–Kier alpha value is -3.48. The molecule has 0 atom stereocenters. The highest BCUT2D eigenvalue weighted by molar-refractivity contribution is 5.63. The van der Waals surface area contributed by atoms with Gasteiger partial charge >= 0.3 is 5.95 Å². The molecule has 2 aromatic carbocycles. The maximum absolute atomic E-state index is 8.81. The summed E-state index contributed by atoms with van der Waals surface area (Å²) in [5, 5.41) is 15.0. The molecule has 3 aromatic rings. The number of aryl methyl sites for hydroxylation is 2. The quantitative estimate of drug-likeness (QED) is 0.403. The summed E-state index contributed by atoms with van der Waals surface area (Å²) >= 11 is 0. The van der Waals surface area contributed by atoms with Crippen molar-refractivity contribution in [2.24, 2.45) is 24.3 Å². The van der Waals surface area contributed by atoms with Crippen molar-refractivity contribution in [3.8, 4) is 0 Å². The van der Waals surface area contributed by atoms with Crippen molar-refractivity contribution < 1.29 is 9.36 Å². The lowest BCUT2D eigenvalue weighted by Crippen LogP contribution is -2.25. The van der Waals surface area contributed by atoms with Crippen LogP contribution in [0.25, 0.3) is 0 Å². The Morgan fingerprint density at radius 2 is 1.48 bits per heavy atom. The van der Waals surface area contributed by atoms with Gasteiger partial charge in [-0.1, -0.05) is 5.11 Å². The van der Waals surface area contributed by atoms with Crippen molar-refractivity contribution >= 4 is 35.0 Å². The van der Waals surface area contributed by atoms with Crippen molar-refractivity contribution in [1.29, 1.82) is 0 Å². The lowest BCUT2D eigenvalue weighted by Gasteiger charge is -2.07. The van der Waals surface area contributed by atoms with Crippen LogP contribution in [0.3, 0.4) is 0 Å². The van der Waals surface area contributed by atoms with Gasteiger partial charge in [-0.3, -0.25) is 0 Å². The molecular weight excluding hydrogens is 340 g/mol. The van der Waals surface area contributed by atoms with Gasteiger partial charge in [-0.25, -0.2) is 9.13 Å². The number of aldehydes is 1. The molecule has 0 amide bonds. The van der Waals surface area contributed by atoms with Gasteiger partial charge in [0.15, 0.2) is 0 Å². The van der Waals surface area contributed by atoms with E-state index in [1.54, 1.807) is 0 Å². The molecule has 0 radical (unpaired) electrons. The summed E-state index contributed by atoms with van der Waals surface area (Å²) in [5.41, 5.74) is 3.95. The van der Waals surface area contributed by atoms with Crippen LogP contribution in [0.4, 0.5) is 28.7 Å². The molecule has 7 nitrogen and oxygen atoms in total. The number of carbonyl (C=O) groups is 1. The number of hydrogen-bond donors (Lipinski definition) is 2. The minimum Gasteiger partial charge on any atom is -0.388 e. The topological polar surface area (TPSA) is 74.7 Å². The van der Waals surface area contributed by atoms with Crippen molar-refractivity contribution in [3.05, 3.63) is 60.9 Å². The molecule has 7 heteroatoms. The van der Waals surface area contributed by atoms with Crippen LogP contribution in [-0.2, 0) is 18.9 Å². The third-order valence-corrected chi connectivity index (χ3v) is 3.73. The predicted octanol–water partition coefficient (Wildman–Crippen LogP) is 4.26. The predicted molar refractivity (Wildman–Crippen MR) is 108 cm³/mol. The van der Waals surface area contributed by atoms with Crippen LogP contribution < -0.4 is 15.2 Å². The molecule has 1 heterocycles. The van der Waals surface area contributed by atoms with E-state index >= 15 is 0 Å². The number of hydrogen-bond acceptors (Lipinski definition) is 5. The second-order valence-electron chi connectivity index (χ2n) is 5.75. The number of imidazole rings is 1. The van der Waals surface area contributed by atoms with Crippen LogP contribution in [0, 0.1) is 0 Å². The Morgan fingerprint density at radius 3 is 1.96 bits per heavy atom. The summed E-state index contributed by atoms with van der Waals surface area (Å²) in [5.74, 6) is 0.793. The Bertz CT molecular complexity index is 862. The van der Waals surface area contributed by atoms with E-state index in [-0.39, 0.29) is 0 Å². The number of anilines is 3. The van der Waals surface area contributed by atoms with E-state index in [9.17, 15) is 0 Å². The summed E-state index contributed by atoms with van der Waals surface area (Å²) in [4.78, 5) is 8.81. The first-order chi connectivity index (χ1) is 13.1. The van der Waals surface area contributed by atoms with Crippen LogP contribution in [0.2, 0.25) is 0 Å². The summed E-state index contributed by atoms with van der Waals surface area (Å²) in [7, 11) is 5.80. The molecule has 0 spiro atoms. The fourth-order valence-electron chi connectivity index (χ4n) is 2.32. The molecule has 0 aliphatic rings. The number of rotatable bonds is 5. The highest BCUT2D eigenvalue weighted by Crippen LogP contribution is 2.22. The number of aromatic nitrogens is 2. The van der Waals surface area contributed by atoms with Gasteiger partial charge in [0.1, 0.15) is 12.0 Å². The molecule has 0 aliphatic heterocycles. The Balaban J connectivity index is 0.000000817. The summed E-state index contributed by atoms with van der Waals surface area (Å²) in [6.45, 7) is 1.44. The number of nitrogens with zero attached hydrogens (tertiary/aromatic N) is 4. The van der Waals surface area contributed by atoms with Crippen LogP contribution in [0.15, 0.2) is 71.2 Å². The molecule has 0 saturated carbocycles. The summed E-state index contributed by atoms with van der Waals surface area (Å²) in [6.07, 6.45) is 4.64. The maximum Gasteiger partial charge on any atom is 0.421 e. The minimum atomic E-state index is 0.750. The average molecular weight is 365 g/mol. The Kier molecular flexibility index (Phi) is 7.25. The number of azo groups is 1. The maximum atomic E-state index is 8.81. The molecule has 0 bridgehead atoms. The van der Waals surface area contributed by atoms with Crippen molar-refractivity contribution in [2.75, 3.05) is 17.7 Å².